The van der Waals surface area contributed by atoms with Gasteiger partial charge in [-0.3, -0.25) is 9.59 Å². The number of ketones is 2. The smallest absolute Gasteiger partial charge is 0.231 e. The highest BCUT2D eigenvalue weighted by atomic mass is 28.3. The number of rotatable bonds is 2. The lowest BCUT2D eigenvalue weighted by molar-refractivity contribution is -0.114. The molecule has 0 bridgehead atoms. The molecule has 1 N–H and O–H groups in total. The molecule has 0 amide bonds. The Hall–Kier alpha value is -3.72. The summed E-state index contributed by atoms with van der Waals surface area (Å²) in [5, 5.41) is 3.37. The van der Waals surface area contributed by atoms with Gasteiger partial charge < -0.3 is 29.2 Å². The van der Waals surface area contributed by atoms with Crippen molar-refractivity contribution < 1.29 is 28.5 Å². The molecule has 9 heteroatoms. The number of Topliss-reactive ketones (excluding diaryl/α,β-unsaturated/α-hetero) is 2. The number of allylic oxidation sites excluding steroid dienone is 4. The van der Waals surface area contributed by atoms with E-state index < -0.39 is 8.07 Å². The topological polar surface area (TPSA) is 86.3 Å². The van der Waals surface area contributed by atoms with E-state index in [1.807, 2.05) is 18.2 Å². The zero-order chi connectivity index (χ0) is 28.3. The lowest BCUT2D eigenvalue weighted by Gasteiger charge is -2.31. The molecule has 4 heterocycles. The van der Waals surface area contributed by atoms with Crippen molar-refractivity contribution in [3.05, 3.63) is 57.9 Å². The van der Waals surface area contributed by atoms with Crippen LogP contribution in [0.15, 0.2) is 35.7 Å². The highest BCUT2D eigenvalue weighted by Crippen LogP contribution is 2.44. The van der Waals surface area contributed by atoms with Crippen LogP contribution in [-0.4, -0.2) is 57.4 Å². The molecule has 2 aliphatic carbocycles. The normalized spacial score (nSPS) is 20.0. The molecule has 0 saturated heterocycles. The van der Waals surface area contributed by atoms with Crippen molar-refractivity contribution in [2.75, 3.05) is 32.8 Å². The monoisotopic (exact) mass is 572 g/mol. The number of benzene rings is 2. The Labute approximate surface area is 241 Å². The van der Waals surface area contributed by atoms with Gasteiger partial charge in [-0.05, 0) is 72.2 Å². The molecular formula is C32H36N2O6Si. The fourth-order valence-electron chi connectivity index (χ4n) is 6.74. The second-order valence-electron chi connectivity index (χ2n) is 12.7. The van der Waals surface area contributed by atoms with Gasteiger partial charge in [0.1, 0.15) is 0 Å². The summed E-state index contributed by atoms with van der Waals surface area (Å²) in [6, 6.07) is 8.07. The Balaban J connectivity index is 0.000000139. The molecule has 8 nitrogen and oxygen atoms in total. The number of carbonyl (C=O) groups is 2. The predicted molar refractivity (Wildman–Crippen MR) is 158 cm³/mol. The van der Waals surface area contributed by atoms with Gasteiger partial charge >= 0.3 is 0 Å². The number of carbonyl (C=O) groups excluding carboxylic acids is 2. The standard InChI is InChI=1S/C18H23NO3Si.C14H13NO3/c1-23(2,3)10-19-7-6-12-8-16-17(22-11-21-16)9-13(12)18-14(19)4-5-15(18)20;16-11-2-1-10-14(11)9-6-13-12(17-7-18-13)5-8(9)3-4-15-10/h8-9H,4-7,10-11H2,1-3H3;5-6,15H,1-4,7H2. The van der Waals surface area contributed by atoms with Crippen LogP contribution >= 0.6 is 0 Å². The maximum atomic E-state index is 12.6. The van der Waals surface area contributed by atoms with E-state index in [2.05, 4.69) is 35.9 Å². The van der Waals surface area contributed by atoms with Crippen LogP contribution in [0.2, 0.25) is 19.6 Å². The summed E-state index contributed by atoms with van der Waals surface area (Å²) in [6.45, 7) is 9.58. The van der Waals surface area contributed by atoms with E-state index in [1.165, 1.54) is 16.8 Å². The number of nitrogens with one attached hydrogen (secondary N) is 1. The molecule has 4 aliphatic heterocycles. The quantitative estimate of drug-likeness (QED) is 0.511. The van der Waals surface area contributed by atoms with Gasteiger partial charge in [0.2, 0.25) is 13.6 Å². The maximum absolute atomic E-state index is 12.6. The van der Waals surface area contributed by atoms with Crippen molar-refractivity contribution in [1.29, 1.82) is 0 Å². The third kappa shape index (κ3) is 4.80. The average Bonchev–Trinajstić information content (AvgIpc) is 3.69. The fourth-order valence-corrected chi connectivity index (χ4v) is 8.24. The van der Waals surface area contributed by atoms with E-state index >= 15 is 0 Å². The van der Waals surface area contributed by atoms with Gasteiger partial charge in [0.25, 0.3) is 0 Å². The van der Waals surface area contributed by atoms with Crippen molar-refractivity contribution in [3.8, 4) is 23.0 Å². The molecule has 41 heavy (non-hydrogen) atoms. The van der Waals surface area contributed by atoms with Crippen LogP contribution in [0.3, 0.4) is 0 Å². The number of hydrogen-bond acceptors (Lipinski definition) is 8. The van der Waals surface area contributed by atoms with Crippen LogP contribution < -0.4 is 24.3 Å². The van der Waals surface area contributed by atoms with Crippen molar-refractivity contribution in [3.63, 3.8) is 0 Å². The molecule has 0 spiro atoms. The molecule has 6 aliphatic rings. The first kappa shape index (κ1) is 26.2. The largest absolute Gasteiger partial charge is 0.454 e. The highest BCUT2D eigenvalue weighted by molar-refractivity contribution is 6.76. The van der Waals surface area contributed by atoms with Gasteiger partial charge in [-0.2, -0.15) is 0 Å². The summed E-state index contributed by atoms with van der Waals surface area (Å²) in [6.07, 6.45) is 5.95. The van der Waals surface area contributed by atoms with Crippen molar-refractivity contribution >= 4 is 30.8 Å². The lowest BCUT2D eigenvalue weighted by atomic mass is 9.96. The maximum Gasteiger partial charge on any atom is 0.231 e. The molecule has 0 aromatic heterocycles. The molecule has 0 fully saturated rings. The molecule has 2 aromatic carbocycles. The van der Waals surface area contributed by atoms with E-state index in [0.29, 0.717) is 12.8 Å². The first-order valence-corrected chi connectivity index (χ1v) is 18.3. The first-order valence-electron chi connectivity index (χ1n) is 14.6. The van der Waals surface area contributed by atoms with Gasteiger partial charge in [-0.25, -0.2) is 0 Å². The summed E-state index contributed by atoms with van der Waals surface area (Å²) in [5.41, 5.74) is 8.65. The van der Waals surface area contributed by atoms with Gasteiger partial charge in [0.15, 0.2) is 34.6 Å². The highest BCUT2D eigenvalue weighted by Gasteiger charge is 2.35. The van der Waals surface area contributed by atoms with E-state index in [1.54, 1.807) is 0 Å². The minimum absolute atomic E-state index is 0.236. The minimum Gasteiger partial charge on any atom is -0.454 e. The number of fused-ring (bicyclic) bond motifs is 6. The van der Waals surface area contributed by atoms with Crippen LogP contribution in [-0.2, 0) is 22.4 Å². The van der Waals surface area contributed by atoms with E-state index in [4.69, 9.17) is 18.9 Å². The van der Waals surface area contributed by atoms with Gasteiger partial charge in [0.05, 0.1) is 8.07 Å². The van der Waals surface area contributed by atoms with Gasteiger partial charge in [0, 0.05) is 54.6 Å². The molecule has 0 radical (unpaired) electrons. The summed E-state index contributed by atoms with van der Waals surface area (Å²) in [4.78, 5) is 27.1. The molecule has 0 unspecified atom stereocenters. The zero-order valence-electron chi connectivity index (χ0n) is 24.0. The Kier molecular flexibility index (Phi) is 6.37. The molecule has 8 rings (SSSR count). The first-order chi connectivity index (χ1) is 19.7. The van der Waals surface area contributed by atoms with Gasteiger partial charge in [-0.15, -0.1) is 0 Å². The molecule has 0 saturated carbocycles. The van der Waals surface area contributed by atoms with Crippen LogP contribution in [0.5, 0.6) is 23.0 Å². The van der Waals surface area contributed by atoms with Crippen molar-refractivity contribution in [2.45, 2.75) is 58.2 Å². The SMILES string of the molecule is C[Si](C)(C)CN1CCc2cc3c(cc2C2=C1CCC2=O)OCO3.O=C1CCC2=C1c1cc3c(cc1CCN2)OCO3. The second-order valence-corrected chi connectivity index (χ2v) is 18.1. The summed E-state index contributed by atoms with van der Waals surface area (Å²) in [5.74, 6) is 3.65. The number of nitrogens with zero attached hydrogens (tertiary/aromatic N) is 1. The molecule has 214 valence electrons. The Morgan fingerprint density at radius 1 is 0.707 bits per heavy atom. The van der Waals surface area contributed by atoms with Crippen LogP contribution in [0.25, 0.3) is 11.1 Å². The van der Waals surface area contributed by atoms with Crippen LogP contribution in [0.1, 0.15) is 47.9 Å². The third-order valence-electron chi connectivity index (χ3n) is 8.51. The van der Waals surface area contributed by atoms with Crippen LogP contribution in [0, 0.1) is 0 Å². The zero-order valence-corrected chi connectivity index (χ0v) is 25.0. The molecule has 2 aromatic rings. The van der Waals surface area contributed by atoms with Gasteiger partial charge in [-0.1, -0.05) is 19.6 Å². The lowest BCUT2D eigenvalue weighted by Crippen LogP contribution is -2.40. The summed E-state index contributed by atoms with van der Waals surface area (Å²) in [7, 11) is -1.24. The van der Waals surface area contributed by atoms with Crippen LogP contribution in [0.4, 0.5) is 0 Å². The third-order valence-corrected chi connectivity index (χ3v) is 9.84. The Bertz CT molecular complexity index is 1540. The summed E-state index contributed by atoms with van der Waals surface area (Å²) >= 11 is 0. The summed E-state index contributed by atoms with van der Waals surface area (Å²) < 4.78 is 21.9. The van der Waals surface area contributed by atoms with Crippen molar-refractivity contribution in [1.82, 2.24) is 10.2 Å². The Morgan fingerprint density at radius 2 is 1.27 bits per heavy atom. The molecule has 0 atom stereocenters. The number of hydrogen-bond donors (Lipinski definition) is 1. The van der Waals surface area contributed by atoms with E-state index in [0.717, 1.165) is 95.9 Å². The van der Waals surface area contributed by atoms with E-state index in [-0.39, 0.29) is 25.2 Å². The predicted octanol–water partition coefficient (Wildman–Crippen LogP) is 4.86. The molecular weight excluding hydrogens is 536 g/mol. The van der Waals surface area contributed by atoms with Crippen molar-refractivity contribution in [2.24, 2.45) is 0 Å². The van der Waals surface area contributed by atoms with E-state index in [9.17, 15) is 9.59 Å². The Morgan fingerprint density at radius 3 is 1.93 bits per heavy atom. The number of ether oxygens (including phenoxy) is 4. The second kappa shape index (κ2) is 9.97. The minimum atomic E-state index is -1.24. The average molecular weight is 573 g/mol. The fraction of sp³-hybridized carbons (Fsp3) is 0.438.